The zero-order valence-corrected chi connectivity index (χ0v) is 16.7. The summed E-state index contributed by atoms with van der Waals surface area (Å²) in [5, 5.41) is 9.70. The van der Waals surface area contributed by atoms with Crippen molar-refractivity contribution in [3.05, 3.63) is 101 Å². The molecule has 0 aliphatic carbocycles. The molecule has 0 aliphatic heterocycles. The fourth-order valence-corrected chi connectivity index (χ4v) is 3.36. The highest BCUT2D eigenvalue weighted by Gasteiger charge is 2.11. The third kappa shape index (κ3) is 5.95. The summed E-state index contributed by atoms with van der Waals surface area (Å²) in [4.78, 5) is 2.40. The van der Waals surface area contributed by atoms with E-state index >= 15 is 0 Å². The Kier molecular flexibility index (Phi) is 7.24. The Labute approximate surface area is 168 Å². The van der Waals surface area contributed by atoms with Crippen LogP contribution in [0.2, 0.25) is 0 Å². The van der Waals surface area contributed by atoms with E-state index in [1.54, 1.807) is 0 Å². The largest absolute Gasteiger partial charge is 0.491 e. The van der Waals surface area contributed by atoms with Crippen LogP contribution in [0.4, 0.5) is 0 Å². The molecule has 1 N–H and O–H groups in total. The second-order valence-corrected chi connectivity index (χ2v) is 7.37. The van der Waals surface area contributed by atoms with Gasteiger partial charge in [0.15, 0.2) is 0 Å². The Hall–Kier alpha value is -2.62. The molecule has 3 aromatic rings. The van der Waals surface area contributed by atoms with Gasteiger partial charge in [-0.1, -0.05) is 66.7 Å². The number of ether oxygens (including phenoxy) is 1. The normalized spacial score (nSPS) is 11.2. The Bertz CT molecular complexity index is 861. The highest BCUT2D eigenvalue weighted by Crippen LogP contribution is 2.20. The van der Waals surface area contributed by atoms with Gasteiger partial charge in [0.2, 0.25) is 0 Å². The Morgan fingerprint density at radius 1 is 0.750 bits per heavy atom. The molecule has 146 valence electrons. The van der Waals surface area contributed by atoms with Crippen molar-refractivity contribution < 1.29 is 9.84 Å². The van der Waals surface area contributed by atoms with Crippen molar-refractivity contribution in [2.75, 3.05) is 0 Å². The van der Waals surface area contributed by atoms with Crippen LogP contribution in [0.5, 0.6) is 5.75 Å². The molecule has 3 nitrogen and oxygen atoms in total. The van der Waals surface area contributed by atoms with Gasteiger partial charge in [0.05, 0.1) is 12.7 Å². The third-order valence-corrected chi connectivity index (χ3v) is 4.61. The minimum absolute atomic E-state index is 0.0626. The molecule has 0 radical (unpaired) electrons. The molecule has 3 heteroatoms. The van der Waals surface area contributed by atoms with E-state index in [9.17, 15) is 5.11 Å². The lowest BCUT2D eigenvalue weighted by Crippen LogP contribution is -2.23. The van der Waals surface area contributed by atoms with Crippen LogP contribution in [-0.4, -0.2) is 16.1 Å². The second-order valence-electron chi connectivity index (χ2n) is 7.37. The van der Waals surface area contributed by atoms with Gasteiger partial charge in [-0.3, -0.25) is 4.90 Å². The number of aliphatic hydroxyl groups excluding tert-OH is 1. The smallest absolute Gasteiger partial charge is 0.120 e. The topological polar surface area (TPSA) is 32.7 Å². The first-order valence-electron chi connectivity index (χ1n) is 9.83. The fraction of sp³-hybridized carbons (Fsp3) is 0.280. The van der Waals surface area contributed by atoms with Crippen LogP contribution in [0.15, 0.2) is 78.9 Å². The SMILES string of the molecule is CC(C)Oc1cccc(CN(Cc2ccccc2)Cc2ccccc2CO)c1. The number of aliphatic hydroxyl groups is 1. The molecule has 0 bridgehead atoms. The lowest BCUT2D eigenvalue weighted by atomic mass is 10.1. The number of hydrogen-bond acceptors (Lipinski definition) is 3. The minimum atomic E-state index is 0.0626. The van der Waals surface area contributed by atoms with Crippen molar-refractivity contribution in [1.82, 2.24) is 4.90 Å². The maximum Gasteiger partial charge on any atom is 0.120 e. The molecule has 3 rings (SSSR count). The van der Waals surface area contributed by atoms with Crippen LogP contribution in [0, 0.1) is 0 Å². The van der Waals surface area contributed by atoms with Crippen molar-refractivity contribution in [3.63, 3.8) is 0 Å². The zero-order valence-electron chi connectivity index (χ0n) is 16.7. The molecule has 0 saturated heterocycles. The third-order valence-electron chi connectivity index (χ3n) is 4.61. The summed E-state index contributed by atoms with van der Waals surface area (Å²) < 4.78 is 5.86. The van der Waals surface area contributed by atoms with Gasteiger partial charge in [-0.05, 0) is 48.2 Å². The van der Waals surface area contributed by atoms with Crippen LogP contribution >= 0.6 is 0 Å². The maximum atomic E-state index is 9.70. The van der Waals surface area contributed by atoms with E-state index in [4.69, 9.17) is 4.74 Å². The first-order valence-corrected chi connectivity index (χ1v) is 9.83. The van der Waals surface area contributed by atoms with E-state index in [1.165, 1.54) is 11.1 Å². The summed E-state index contributed by atoms with van der Waals surface area (Å²) in [5.41, 5.74) is 4.64. The van der Waals surface area contributed by atoms with E-state index in [2.05, 4.69) is 53.4 Å². The predicted molar refractivity (Wildman–Crippen MR) is 114 cm³/mol. The van der Waals surface area contributed by atoms with E-state index < -0.39 is 0 Å². The Balaban J connectivity index is 1.81. The average molecular weight is 376 g/mol. The van der Waals surface area contributed by atoms with Crippen molar-refractivity contribution in [2.45, 2.75) is 46.2 Å². The van der Waals surface area contributed by atoms with E-state index in [1.807, 2.05) is 44.2 Å². The molecular formula is C25H29NO2. The highest BCUT2D eigenvalue weighted by molar-refractivity contribution is 5.30. The van der Waals surface area contributed by atoms with E-state index in [0.717, 1.165) is 36.5 Å². The molecule has 0 fully saturated rings. The summed E-state index contributed by atoms with van der Waals surface area (Å²) in [6, 6.07) is 26.9. The molecule has 0 aliphatic rings. The quantitative estimate of drug-likeness (QED) is 0.560. The molecule has 0 amide bonds. The summed E-state index contributed by atoms with van der Waals surface area (Å²) in [7, 11) is 0. The Morgan fingerprint density at radius 2 is 1.39 bits per heavy atom. The van der Waals surface area contributed by atoms with Gasteiger partial charge in [-0.25, -0.2) is 0 Å². The lowest BCUT2D eigenvalue weighted by molar-refractivity contribution is 0.234. The van der Waals surface area contributed by atoms with Crippen LogP contribution in [-0.2, 0) is 26.2 Å². The number of benzene rings is 3. The molecule has 0 unspecified atom stereocenters. The number of rotatable bonds is 9. The summed E-state index contributed by atoms with van der Waals surface area (Å²) in [6.45, 7) is 6.58. The average Bonchev–Trinajstić information content (AvgIpc) is 2.69. The minimum Gasteiger partial charge on any atom is -0.491 e. The zero-order chi connectivity index (χ0) is 19.8. The first-order chi connectivity index (χ1) is 13.6. The predicted octanol–water partition coefficient (Wildman–Crippen LogP) is 5.17. The molecular weight excluding hydrogens is 346 g/mol. The van der Waals surface area contributed by atoms with Crippen molar-refractivity contribution in [1.29, 1.82) is 0 Å². The number of hydrogen-bond donors (Lipinski definition) is 1. The van der Waals surface area contributed by atoms with Gasteiger partial charge in [0.25, 0.3) is 0 Å². The van der Waals surface area contributed by atoms with Gasteiger partial charge in [0, 0.05) is 19.6 Å². The molecule has 0 aromatic heterocycles. The van der Waals surface area contributed by atoms with Gasteiger partial charge >= 0.3 is 0 Å². The van der Waals surface area contributed by atoms with Crippen LogP contribution in [0.1, 0.15) is 36.1 Å². The lowest BCUT2D eigenvalue weighted by Gasteiger charge is -2.24. The second kappa shape index (κ2) is 10.1. The molecule has 3 aromatic carbocycles. The molecule has 0 spiro atoms. The standard InChI is InChI=1S/C25H29NO2/c1-20(2)28-25-14-8-11-22(15-25)17-26(16-21-9-4-3-5-10-21)18-23-12-6-7-13-24(23)19-27/h3-15,20,27H,16-19H2,1-2H3. The summed E-state index contributed by atoms with van der Waals surface area (Å²) in [5.74, 6) is 0.905. The van der Waals surface area contributed by atoms with Crippen LogP contribution < -0.4 is 4.74 Å². The highest BCUT2D eigenvalue weighted by atomic mass is 16.5. The van der Waals surface area contributed by atoms with E-state index in [-0.39, 0.29) is 12.7 Å². The summed E-state index contributed by atoms with van der Waals surface area (Å²) >= 11 is 0. The van der Waals surface area contributed by atoms with Gasteiger partial charge in [0.1, 0.15) is 5.75 Å². The fourth-order valence-electron chi connectivity index (χ4n) is 3.36. The van der Waals surface area contributed by atoms with Gasteiger partial charge in [-0.15, -0.1) is 0 Å². The molecule has 0 heterocycles. The Morgan fingerprint density at radius 3 is 2.11 bits per heavy atom. The molecule has 28 heavy (non-hydrogen) atoms. The molecule has 0 saturated carbocycles. The van der Waals surface area contributed by atoms with Gasteiger partial charge in [-0.2, -0.15) is 0 Å². The molecule has 0 atom stereocenters. The van der Waals surface area contributed by atoms with Crippen molar-refractivity contribution in [3.8, 4) is 5.75 Å². The first kappa shape index (κ1) is 20.1. The van der Waals surface area contributed by atoms with Crippen LogP contribution in [0.25, 0.3) is 0 Å². The summed E-state index contributed by atoms with van der Waals surface area (Å²) in [6.07, 6.45) is 0.159. The van der Waals surface area contributed by atoms with Crippen LogP contribution in [0.3, 0.4) is 0 Å². The van der Waals surface area contributed by atoms with Crippen molar-refractivity contribution in [2.24, 2.45) is 0 Å². The van der Waals surface area contributed by atoms with E-state index in [0.29, 0.717) is 0 Å². The van der Waals surface area contributed by atoms with Crippen molar-refractivity contribution >= 4 is 0 Å². The maximum absolute atomic E-state index is 9.70. The monoisotopic (exact) mass is 375 g/mol. The number of nitrogens with zero attached hydrogens (tertiary/aromatic N) is 1. The van der Waals surface area contributed by atoms with Gasteiger partial charge < -0.3 is 9.84 Å².